The molecule has 8 heavy (non-hydrogen) atoms. The molecule has 0 amide bonds. The molecule has 0 spiro atoms. The molecule has 0 aromatic heterocycles. The van der Waals surface area contributed by atoms with Crippen molar-refractivity contribution in [3.05, 3.63) is 0 Å². The molecule has 1 atom stereocenters. The van der Waals surface area contributed by atoms with Crippen LogP contribution in [0.4, 0.5) is 4.39 Å². The van der Waals surface area contributed by atoms with Crippen LogP contribution in [-0.4, -0.2) is 23.8 Å². The van der Waals surface area contributed by atoms with Gasteiger partial charge in [-0.2, -0.15) is 0 Å². The summed E-state index contributed by atoms with van der Waals surface area (Å²) in [4.78, 5) is 9.72. The third-order valence-corrected chi connectivity index (χ3v) is 0.635. The van der Waals surface area contributed by atoms with Crippen LogP contribution in [-0.2, 0) is 4.79 Å². The van der Waals surface area contributed by atoms with Crippen molar-refractivity contribution in [1.82, 2.24) is 0 Å². The fraction of sp³-hybridized carbons (Fsp3) is 0.750. The number of hydrogen-bond donors (Lipinski definition) is 2. The molecule has 0 aliphatic heterocycles. The molecule has 48 valence electrons. The number of carboxylic acid groups (broad SMARTS) is 1. The summed E-state index contributed by atoms with van der Waals surface area (Å²) < 4.78 is 11.4. The fourth-order valence-corrected chi connectivity index (χ4v) is 0.279. The Kier molecular flexibility index (Phi) is 3.10. The molecule has 0 saturated heterocycles. The number of carboxylic acids is 1. The molecule has 3 nitrogen and oxygen atoms in total. The highest BCUT2D eigenvalue weighted by molar-refractivity contribution is 5.67. The molecule has 0 saturated carbocycles. The van der Waals surface area contributed by atoms with E-state index in [9.17, 15) is 9.18 Å². The molecule has 3 N–H and O–H groups in total. The lowest BCUT2D eigenvalue weighted by molar-refractivity contribution is -0.137. The number of halogens is 1. The Bertz CT molecular complexity index is 86.1. The smallest absolute Gasteiger partial charge is 0.305 e. The lowest BCUT2D eigenvalue weighted by Crippen LogP contribution is -2.25. The van der Waals surface area contributed by atoms with Gasteiger partial charge in [0.1, 0.15) is 6.67 Å². The highest BCUT2D eigenvalue weighted by Gasteiger charge is 2.05. The average molecular weight is 121 g/mol. The average Bonchev–Trinajstić information content (AvgIpc) is 1.65. The topological polar surface area (TPSA) is 63.3 Å². The van der Waals surface area contributed by atoms with E-state index in [4.69, 9.17) is 10.8 Å². The van der Waals surface area contributed by atoms with Gasteiger partial charge < -0.3 is 10.8 Å². The van der Waals surface area contributed by atoms with Crippen molar-refractivity contribution >= 4 is 5.97 Å². The minimum atomic E-state index is -1.06. The summed E-state index contributed by atoms with van der Waals surface area (Å²) in [5.74, 6) is -1.06. The minimum absolute atomic E-state index is 0.295. The van der Waals surface area contributed by atoms with Crippen LogP contribution in [0.3, 0.4) is 0 Å². The second-order valence-corrected chi connectivity index (χ2v) is 1.51. The van der Waals surface area contributed by atoms with Crippen molar-refractivity contribution in [2.45, 2.75) is 12.5 Å². The summed E-state index contributed by atoms with van der Waals surface area (Å²) in [5, 5.41) is 7.97. The van der Waals surface area contributed by atoms with Crippen molar-refractivity contribution in [3.63, 3.8) is 0 Å². The third kappa shape index (κ3) is 3.55. The summed E-state index contributed by atoms with van der Waals surface area (Å²) >= 11 is 0. The van der Waals surface area contributed by atoms with Crippen LogP contribution in [0.25, 0.3) is 0 Å². The Morgan fingerprint density at radius 3 is 2.50 bits per heavy atom. The van der Waals surface area contributed by atoms with Gasteiger partial charge in [-0.05, 0) is 0 Å². The van der Waals surface area contributed by atoms with Crippen LogP contribution in [0.1, 0.15) is 6.42 Å². The first-order valence-corrected chi connectivity index (χ1v) is 2.20. The molecule has 0 heterocycles. The normalized spacial score (nSPS) is 13.2. The number of nitrogens with two attached hydrogens (primary N) is 1. The quantitative estimate of drug-likeness (QED) is 0.541. The molecule has 0 aliphatic carbocycles. The van der Waals surface area contributed by atoms with E-state index in [1.165, 1.54) is 0 Å². The first-order valence-electron chi connectivity index (χ1n) is 2.20. The van der Waals surface area contributed by atoms with Gasteiger partial charge >= 0.3 is 5.97 Å². The van der Waals surface area contributed by atoms with Gasteiger partial charge in [-0.1, -0.05) is 0 Å². The van der Waals surface area contributed by atoms with Gasteiger partial charge in [0.15, 0.2) is 0 Å². The number of hydrogen-bond acceptors (Lipinski definition) is 2. The van der Waals surface area contributed by atoms with Crippen LogP contribution in [0.5, 0.6) is 0 Å². The van der Waals surface area contributed by atoms with E-state index >= 15 is 0 Å². The molecule has 4 heteroatoms. The second kappa shape index (κ2) is 3.37. The lowest BCUT2D eigenvalue weighted by Gasteiger charge is -1.99. The summed E-state index contributed by atoms with van der Waals surface area (Å²) in [7, 11) is 0. The van der Waals surface area contributed by atoms with Gasteiger partial charge in [0.2, 0.25) is 0 Å². The highest BCUT2D eigenvalue weighted by atomic mass is 19.1. The Morgan fingerprint density at radius 2 is 2.38 bits per heavy atom. The first kappa shape index (κ1) is 7.36. The standard InChI is InChI=1S/C4H8FNO2/c5-2-3(6)1-4(7)8/h3H,1-2,6H2,(H,7,8)/t3-/m0/s1. The van der Waals surface area contributed by atoms with Crippen molar-refractivity contribution < 1.29 is 14.3 Å². The molecule has 0 bridgehead atoms. The van der Waals surface area contributed by atoms with Gasteiger partial charge in [0, 0.05) is 6.04 Å². The summed E-state index contributed by atoms with van der Waals surface area (Å²) in [6.45, 7) is -0.772. The molecule has 0 aliphatic rings. The SMILES string of the molecule is N[C@H](CF)CC(=O)O. The molecule has 0 aromatic rings. The van der Waals surface area contributed by atoms with Crippen molar-refractivity contribution in [3.8, 4) is 0 Å². The Hall–Kier alpha value is -0.640. The van der Waals surface area contributed by atoms with E-state index in [0.717, 1.165) is 0 Å². The van der Waals surface area contributed by atoms with Crippen molar-refractivity contribution in [1.29, 1.82) is 0 Å². The number of alkyl halides is 1. The van der Waals surface area contributed by atoms with E-state index < -0.39 is 18.7 Å². The fourth-order valence-electron chi connectivity index (χ4n) is 0.279. The Morgan fingerprint density at radius 1 is 1.88 bits per heavy atom. The minimum Gasteiger partial charge on any atom is -0.481 e. The lowest BCUT2D eigenvalue weighted by atomic mass is 10.2. The molecular formula is C4H8FNO2. The van der Waals surface area contributed by atoms with Crippen LogP contribution < -0.4 is 5.73 Å². The van der Waals surface area contributed by atoms with Crippen LogP contribution >= 0.6 is 0 Å². The zero-order valence-corrected chi connectivity index (χ0v) is 4.30. The van der Waals surface area contributed by atoms with E-state index in [2.05, 4.69) is 0 Å². The maximum absolute atomic E-state index is 11.4. The van der Waals surface area contributed by atoms with Gasteiger partial charge in [0.25, 0.3) is 0 Å². The van der Waals surface area contributed by atoms with Gasteiger partial charge in [0.05, 0.1) is 6.42 Å². The Balaban J connectivity index is 3.24. The van der Waals surface area contributed by atoms with Crippen LogP contribution in [0, 0.1) is 0 Å². The monoisotopic (exact) mass is 121 g/mol. The Labute approximate surface area is 46.3 Å². The molecule has 0 radical (unpaired) electrons. The first-order chi connectivity index (χ1) is 3.66. The largest absolute Gasteiger partial charge is 0.481 e. The number of rotatable bonds is 3. The predicted molar refractivity (Wildman–Crippen MR) is 26.2 cm³/mol. The molecular weight excluding hydrogens is 113 g/mol. The summed E-state index contributed by atoms with van der Waals surface area (Å²) in [6, 6.07) is -0.840. The van der Waals surface area contributed by atoms with Crippen LogP contribution in [0.15, 0.2) is 0 Å². The molecule has 0 aromatic carbocycles. The zero-order valence-electron chi connectivity index (χ0n) is 4.30. The van der Waals surface area contributed by atoms with E-state index in [1.54, 1.807) is 0 Å². The zero-order chi connectivity index (χ0) is 6.57. The number of aliphatic carboxylic acids is 1. The van der Waals surface area contributed by atoms with Gasteiger partial charge in [-0.15, -0.1) is 0 Å². The molecule has 0 unspecified atom stereocenters. The molecule has 0 rings (SSSR count). The third-order valence-electron chi connectivity index (χ3n) is 0.635. The van der Waals surface area contributed by atoms with Crippen LogP contribution in [0.2, 0.25) is 0 Å². The number of carbonyl (C=O) groups is 1. The summed E-state index contributed by atoms with van der Waals surface area (Å²) in [6.07, 6.45) is -0.295. The van der Waals surface area contributed by atoms with E-state index in [-0.39, 0.29) is 6.42 Å². The van der Waals surface area contributed by atoms with E-state index in [1.807, 2.05) is 0 Å². The molecule has 0 fully saturated rings. The second-order valence-electron chi connectivity index (χ2n) is 1.51. The van der Waals surface area contributed by atoms with Crippen molar-refractivity contribution in [2.24, 2.45) is 5.73 Å². The van der Waals surface area contributed by atoms with Gasteiger partial charge in [-0.3, -0.25) is 4.79 Å². The maximum atomic E-state index is 11.4. The van der Waals surface area contributed by atoms with Gasteiger partial charge in [-0.25, -0.2) is 4.39 Å². The summed E-state index contributed by atoms with van der Waals surface area (Å²) in [5.41, 5.74) is 4.92. The highest BCUT2D eigenvalue weighted by Crippen LogP contribution is 1.86. The van der Waals surface area contributed by atoms with Crippen molar-refractivity contribution in [2.75, 3.05) is 6.67 Å². The predicted octanol–water partition coefficient (Wildman–Crippen LogP) is -0.242. The van der Waals surface area contributed by atoms with E-state index in [0.29, 0.717) is 0 Å². The maximum Gasteiger partial charge on any atom is 0.305 e.